The molecule has 5 heteroatoms. The number of nitrogens with zero attached hydrogens (tertiary/aromatic N) is 2. The SMILES string of the molecule is CC(=O)N[C@@H](C)c1ccc(-c2cnc(NC3CCC3)nc2)cc1. The maximum absolute atomic E-state index is 11.1. The van der Waals surface area contributed by atoms with Crippen molar-refractivity contribution in [2.24, 2.45) is 0 Å². The molecule has 0 spiro atoms. The zero-order chi connectivity index (χ0) is 16.2. The lowest BCUT2D eigenvalue weighted by Crippen LogP contribution is -2.27. The molecule has 3 rings (SSSR count). The summed E-state index contributed by atoms with van der Waals surface area (Å²) in [5, 5.41) is 6.22. The Hall–Kier alpha value is -2.43. The minimum absolute atomic E-state index is 0.00635. The zero-order valence-corrected chi connectivity index (χ0v) is 13.5. The second kappa shape index (κ2) is 6.77. The first-order chi connectivity index (χ1) is 11.1. The fourth-order valence-corrected chi connectivity index (χ4v) is 2.64. The predicted molar refractivity (Wildman–Crippen MR) is 91.0 cm³/mol. The van der Waals surface area contributed by atoms with Gasteiger partial charge >= 0.3 is 0 Å². The van der Waals surface area contributed by atoms with E-state index < -0.39 is 0 Å². The Morgan fingerprint density at radius 2 is 1.78 bits per heavy atom. The van der Waals surface area contributed by atoms with Crippen LogP contribution in [-0.4, -0.2) is 21.9 Å². The summed E-state index contributed by atoms with van der Waals surface area (Å²) >= 11 is 0. The Balaban J connectivity index is 1.67. The number of rotatable bonds is 5. The van der Waals surface area contributed by atoms with Gasteiger partial charge in [-0.3, -0.25) is 4.79 Å². The van der Waals surface area contributed by atoms with Gasteiger partial charge in [-0.25, -0.2) is 9.97 Å². The van der Waals surface area contributed by atoms with E-state index in [2.05, 4.69) is 20.6 Å². The Kier molecular flexibility index (Phi) is 4.55. The Morgan fingerprint density at radius 3 is 2.30 bits per heavy atom. The van der Waals surface area contributed by atoms with E-state index in [-0.39, 0.29) is 11.9 Å². The van der Waals surface area contributed by atoms with Crippen molar-refractivity contribution in [2.75, 3.05) is 5.32 Å². The van der Waals surface area contributed by atoms with Crippen LogP contribution in [0.3, 0.4) is 0 Å². The van der Waals surface area contributed by atoms with Gasteiger partial charge in [-0.05, 0) is 37.3 Å². The summed E-state index contributed by atoms with van der Waals surface area (Å²) in [4.78, 5) is 19.9. The number of nitrogens with one attached hydrogen (secondary N) is 2. The number of hydrogen-bond donors (Lipinski definition) is 2. The van der Waals surface area contributed by atoms with Crippen LogP contribution in [0.1, 0.15) is 44.7 Å². The number of amides is 1. The van der Waals surface area contributed by atoms with E-state index in [1.165, 1.54) is 26.2 Å². The van der Waals surface area contributed by atoms with Gasteiger partial charge in [-0.15, -0.1) is 0 Å². The largest absolute Gasteiger partial charge is 0.351 e. The minimum atomic E-state index is -0.0236. The molecule has 0 saturated heterocycles. The number of benzene rings is 1. The zero-order valence-electron chi connectivity index (χ0n) is 13.5. The smallest absolute Gasteiger partial charge is 0.222 e. The second-order valence-electron chi connectivity index (χ2n) is 6.11. The minimum Gasteiger partial charge on any atom is -0.351 e. The van der Waals surface area contributed by atoms with E-state index in [9.17, 15) is 4.79 Å². The molecule has 5 nitrogen and oxygen atoms in total. The molecule has 1 aliphatic carbocycles. The van der Waals surface area contributed by atoms with E-state index in [0.717, 1.165) is 16.7 Å². The van der Waals surface area contributed by atoms with Crippen LogP contribution < -0.4 is 10.6 Å². The lowest BCUT2D eigenvalue weighted by Gasteiger charge is -2.26. The van der Waals surface area contributed by atoms with E-state index in [1.54, 1.807) is 0 Å². The molecule has 0 radical (unpaired) electrons. The van der Waals surface area contributed by atoms with Crippen LogP contribution in [0, 0.1) is 0 Å². The summed E-state index contributed by atoms with van der Waals surface area (Å²) in [5.74, 6) is 0.680. The van der Waals surface area contributed by atoms with Gasteiger partial charge in [0.2, 0.25) is 11.9 Å². The quantitative estimate of drug-likeness (QED) is 0.889. The fourth-order valence-electron chi connectivity index (χ4n) is 2.64. The summed E-state index contributed by atoms with van der Waals surface area (Å²) in [6, 6.07) is 8.66. The molecule has 2 N–H and O–H groups in total. The van der Waals surface area contributed by atoms with Crippen molar-refractivity contribution in [3.05, 3.63) is 42.2 Å². The molecule has 1 amide bonds. The molecule has 1 aliphatic rings. The first kappa shape index (κ1) is 15.5. The summed E-state index contributed by atoms with van der Waals surface area (Å²) < 4.78 is 0. The highest BCUT2D eigenvalue weighted by Gasteiger charge is 2.17. The molecule has 0 aliphatic heterocycles. The van der Waals surface area contributed by atoms with Gasteiger partial charge in [0.15, 0.2) is 0 Å². The normalized spacial score (nSPS) is 15.6. The molecule has 1 aromatic carbocycles. The lowest BCUT2D eigenvalue weighted by molar-refractivity contribution is -0.119. The number of carbonyl (C=O) groups is 1. The number of anilines is 1. The van der Waals surface area contributed by atoms with E-state index in [1.807, 2.05) is 43.6 Å². The fraction of sp³-hybridized carbons (Fsp3) is 0.389. The second-order valence-corrected chi connectivity index (χ2v) is 6.11. The standard InChI is InChI=1S/C18H22N4O/c1-12(21-13(2)23)14-6-8-15(9-7-14)16-10-19-18(20-11-16)22-17-4-3-5-17/h6-12,17H,3-5H2,1-2H3,(H,21,23)(H,19,20,22)/t12-/m0/s1. The molecule has 120 valence electrons. The van der Waals surface area contributed by atoms with Crippen LogP contribution in [0.15, 0.2) is 36.7 Å². The van der Waals surface area contributed by atoms with Crippen molar-refractivity contribution >= 4 is 11.9 Å². The van der Waals surface area contributed by atoms with Crippen LogP contribution in [0.2, 0.25) is 0 Å². The van der Waals surface area contributed by atoms with Crippen molar-refractivity contribution in [3.63, 3.8) is 0 Å². The molecule has 0 bridgehead atoms. The summed E-state index contributed by atoms with van der Waals surface area (Å²) in [6.07, 6.45) is 7.40. The van der Waals surface area contributed by atoms with E-state index >= 15 is 0 Å². The molecule has 0 unspecified atom stereocenters. The Bertz CT molecular complexity index is 662. The van der Waals surface area contributed by atoms with E-state index in [0.29, 0.717) is 12.0 Å². The molecular formula is C18H22N4O. The van der Waals surface area contributed by atoms with Crippen molar-refractivity contribution in [2.45, 2.75) is 45.2 Å². The number of aromatic nitrogens is 2. The van der Waals surface area contributed by atoms with Crippen LogP contribution in [0.4, 0.5) is 5.95 Å². The highest BCUT2D eigenvalue weighted by molar-refractivity contribution is 5.73. The van der Waals surface area contributed by atoms with Crippen LogP contribution in [0.25, 0.3) is 11.1 Å². The van der Waals surface area contributed by atoms with Gasteiger partial charge < -0.3 is 10.6 Å². The summed E-state index contributed by atoms with van der Waals surface area (Å²) in [6.45, 7) is 3.50. The molecular weight excluding hydrogens is 288 g/mol. The monoisotopic (exact) mass is 310 g/mol. The van der Waals surface area contributed by atoms with Gasteiger partial charge in [0, 0.05) is 30.9 Å². The predicted octanol–water partition coefficient (Wildman–Crippen LogP) is 3.31. The summed E-state index contributed by atoms with van der Waals surface area (Å²) in [7, 11) is 0. The number of carbonyl (C=O) groups excluding carboxylic acids is 1. The van der Waals surface area contributed by atoms with Gasteiger partial charge in [-0.1, -0.05) is 24.3 Å². The van der Waals surface area contributed by atoms with Crippen LogP contribution in [0.5, 0.6) is 0 Å². The van der Waals surface area contributed by atoms with Gasteiger partial charge in [0.1, 0.15) is 0 Å². The molecule has 1 heterocycles. The third kappa shape index (κ3) is 3.86. The third-order valence-electron chi connectivity index (χ3n) is 4.25. The topological polar surface area (TPSA) is 66.9 Å². The van der Waals surface area contributed by atoms with Crippen molar-refractivity contribution in [1.82, 2.24) is 15.3 Å². The third-order valence-corrected chi connectivity index (χ3v) is 4.25. The first-order valence-corrected chi connectivity index (χ1v) is 8.08. The molecule has 23 heavy (non-hydrogen) atoms. The first-order valence-electron chi connectivity index (χ1n) is 8.08. The van der Waals surface area contributed by atoms with Crippen LogP contribution in [-0.2, 0) is 4.79 Å². The average Bonchev–Trinajstić information content (AvgIpc) is 2.51. The maximum atomic E-state index is 11.1. The highest BCUT2D eigenvalue weighted by atomic mass is 16.1. The molecule has 1 atom stereocenters. The molecule has 2 aromatic rings. The molecule has 1 fully saturated rings. The van der Waals surface area contributed by atoms with Gasteiger partial charge in [0.25, 0.3) is 0 Å². The molecule has 1 saturated carbocycles. The maximum Gasteiger partial charge on any atom is 0.222 e. The molecule has 1 aromatic heterocycles. The van der Waals surface area contributed by atoms with Crippen molar-refractivity contribution in [3.8, 4) is 11.1 Å². The van der Waals surface area contributed by atoms with Gasteiger partial charge in [0.05, 0.1) is 6.04 Å². The van der Waals surface area contributed by atoms with E-state index in [4.69, 9.17) is 0 Å². The van der Waals surface area contributed by atoms with Gasteiger partial charge in [-0.2, -0.15) is 0 Å². The highest BCUT2D eigenvalue weighted by Crippen LogP contribution is 2.23. The summed E-state index contributed by atoms with van der Waals surface area (Å²) in [5.41, 5.74) is 3.13. The average molecular weight is 310 g/mol. The Labute approximate surface area is 136 Å². The van der Waals surface area contributed by atoms with Crippen LogP contribution >= 0.6 is 0 Å². The Morgan fingerprint density at radius 1 is 1.13 bits per heavy atom. The van der Waals surface area contributed by atoms with Crippen molar-refractivity contribution in [1.29, 1.82) is 0 Å². The van der Waals surface area contributed by atoms with Crippen molar-refractivity contribution < 1.29 is 4.79 Å². The lowest BCUT2D eigenvalue weighted by atomic mass is 9.93. The number of hydrogen-bond acceptors (Lipinski definition) is 4.